The van der Waals surface area contributed by atoms with Crippen LogP contribution in [0.25, 0.3) is 11.1 Å². The maximum absolute atomic E-state index is 12.9. The lowest BCUT2D eigenvalue weighted by Crippen LogP contribution is -2.19. The second kappa shape index (κ2) is 11.3. The first-order valence-corrected chi connectivity index (χ1v) is 12.0. The van der Waals surface area contributed by atoms with Gasteiger partial charge in [0.25, 0.3) is 5.91 Å². The molecule has 1 heterocycles. The van der Waals surface area contributed by atoms with Gasteiger partial charge in [-0.3, -0.25) is 14.4 Å². The van der Waals surface area contributed by atoms with E-state index in [1.165, 1.54) is 0 Å². The van der Waals surface area contributed by atoms with E-state index in [2.05, 4.69) is 22.1 Å². The van der Waals surface area contributed by atoms with Crippen LogP contribution in [0.1, 0.15) is 27.9 Å². The fourth-order valence-corrected chi connectivity index (χ4v) is 4.33. The van der Waals surface area contributed by atoms with Crippen LogP contribution < -0.4 is 10.6 Å². The van der Waals surface area contributed by atoms with Gasteiger partial charge in [-0.1, -0.05) is 48.5 Å². The van der Waals surface area contributed by atoms with Crippen LogP contribution in [0.3, 0.4) is 0 Å². The highest BCUT2D eigenvalue weighted by atomic mass is 32.1. The molecule has 0 radical (unpaired) electrons. The average molecular weight is 485 g/mol. The molecule has 6 nitrogen and oxygen atoms in total. The standard InChI is InChI=1S/C28H24N2O4S/c31-26(17-20-8-11-21(12-9-20)22-14-15-35-18-22)30-25-7-2-1-6-24(25)28(34)29-23-5-3-4-19(16-23)10-13-27(32)33/h1-9,11-12,14-16,18H,10,13,17H2,(H,29,34)(H,30,31)(H,32,33). The minimum Gasteiger partial charge on any atom is -0.481 e. The SMILES string of the molecule is O=C(O)CCc1cccc(NC(=O)c2ccccc2NC(=O)Cc2ccc(-c3ccsc3)cc2)c1. The van der Waals surface area contributed by atoms with Gasteiger partial charge in [0.15, 0.2) is 0 Å². The van der Waals surface area contributed by atoms with Crippen molar-refractivity contribution in [1.29, 1.82) is 0 Å². The first-order valence-electron chi connectivity index (χ1n) is 11.1. The first-order chi connectivity index (χ1) is 17.0. The molecular weight excluding hydrogens is 460 g/mol. The van der Waals surface area contributed by atoms with Crippen LogP contribution in [0.5, 0.6) is 0 Å². The van der Waals surface area contributed by atoms with Crippen molar-refractivity contribution >= 4 is 40.5 Å². The van der Waals surface area contributed by atoms with Gasteiger partial charge >= 0.3 is 5.97 Å². The number of para-hydroxylation sites is 1. The largest absolute Gasteiger partial charge is 0.481 e. The summed E-state index contributed by atoms with van der Waals surface area (Å²) in [5.74, 6) is -1.46. The van der Waals surface area contributed by atoms with Crippen molar-refractivity contribution in [3.63, 3.8) is 0 Å². The number of nitrogens with one attached hydrogen (secondary N) is 2. The second-order valence-electron chi connectivity index (χ2n) is 8.03. The van der Waals surface area contributed by atoms with Gasteiger partial charge in [0.2, 0.25) is 5.91 Å². The maximum atomic E-state index is 12.9. The van der Waals surface area contributed by atoms with Gasteiger partial charge in [-0.2, -0.15) is 11.3 Å². The molecule has 0 saturated carbocycles. The Balaban J connectivity index is 1.40. The number of anilines is 2. The fourth-order valence-electron chi connectivity index (χ4n) is 3.67. The molecule has 0 fully saturated rings. The second-order valence-corrected chi connectivity index (χ2v) is 8.81. The van der Waals surface area contributed by atoms with Crippen molar-refractivity contribution in [2.75, 3.05) is 10.6 Å². The van der Waals surface area contributed by atoms with Crippen LogP contribution in [0.4, 0.5) is 11.4 Å². The molecule has 3 aromatic carbocycles. The van der Waals surface area contributed by atoms with Crippen LogP contribution >= 0.6 is 11.3 Å². The van der Waals surface area contributed by atoms with Crippen LogP contribution in [0.15, 0.2) is 89.6 Å². The van der Waals surface area contributed by atoms with E-state index in [1.807, 2.05) is 35.7 Å². The molecule has 176 valence electrons. The summed E-state index contributed by atoms with van der Waals surface area (Å²) in [6.07, 6.45) is 0.578. The molecule has 0 spiro atoms. The number of amides is 2. The Morgan fingerprint density at radius 2 is 1.60 bits per heavy atom. The highest BCUT2D eigenvalue weighted by Gasteiger charge is 2.14. The van der Waals surface area contributed by atoms with Gasteiger partial charge in [-0.05, 0) is 69.8 Å². The van der Waals surface area contributed by atoms with Crippen molar-refractivity contribution in [2.45, 2.75) is 19.3 Å². The molecule has 0 aliphatic heterocycles. The monoisotopic (exact) mass is 484 g/mol. The van der Waals surface area contributed by atoms with E-state index in [0.717, 1.165) is 22.3 Å². The molecule has 0 saturated heterocycles. The molecule has 0 aliphatic carbocycles. The number of carboxylic acids is 1. The Bertz CT molecular complexity index is 1330. The van der Waals surface area contributed by atoms with Crippen molar-refractivity contribution in [1.82, 2.24) is 0 Å². The number of carbonyl (C=O) groups is 3. The highest BCUT2D eigenvalue weighted by molar-refractivity contribution is 7.08. The van der Waals surface area contributed by atoms with Crippen molar-refractivity contribution in [3.8, 4) is 11.1 Å². The van der Waals surface area contributed by atoms with Gasteiger partial charge in [-0.15, -0.1) is 0 Å². The van der Waals surface area contributed by atoms with Crippen molar-refractivity contribution < 1.29 is 19.5 Å². The fraction of sp³-hybridized carbons (Fsp3) is 0.107. The lowest BCUT2D eigenvalue weighted by atomic mass is 10.0. The smallest absolute Gasteiger partial charge is 0.303 e. The number of benzene rings is 3. The van der Waals surface area contributed by atoms with Crippen LogP contribution in [0, 0.1) is 0 Å². The summed E-state index contributed by atoms with van der Waals surface area (Å²) in [6, 6.07) is 23.8. The molecule has 35 heavy (non-hydrogen) atoms. The molecule has 7 heteroatoms. The van der Waals surface area contributed by atoms with Gasteiger partial charge in [0.05, 0.1) is 17.7 Å². The van der Waals surface area contributed by atoms with E-state index in [0.29, 0.717) is 23.4 Å². The van der Waals surface area contributed by atoms with Gasteiger partial charge in [0.1, 0.15) is 0 Å². The number of aryl methyl sites for hydroxylation is 1. The Morgan fingerprint density at radius 3 is 2.34 bits per heavy atom. The minimum absolute atomic E-state index is 0.0168. The van der Waals surface area contributed by atoms with Gasteiger partial charge in [-0.25, -0.2) is 0 Å². The molecular formula is C28H24N2O4S. The Labute approximate surface area is 207 Å². The molecule has 1 aromatic heterocycles. The summed E-state index contributed by atoms with van der Waals surface area (Å²) in [5, 5.41) is 18.7. The minimum atomic E-state index is -0.873. The Hall–Kier alpha value is -4.23. The zero-order valence-electron chi connectivity index (χ0n) is 18.9. The topological polar surface area (TPSA) is 95.5 Å². The summed E-state index contributed by atoms with van der Waals surface area (Å²) in [7, 11) is 0. The number of carbonyl (C=O) groups excluding carboxylic acids is 2. The lowest BCUT2D eigenvalue weighted by Gasteiger charge is -2.12. The van der Waals surface area contributed by atoms with E-state index in [-0.39, 0.29) is 24.7 Å². The van der Waals surface area contributed by atoms with E-state index in [1.54, 1.807) is 53.8 Å². The highest BCUT2D eigenvalue weighted by Crippen LogP contribution is 2.23. The van der Waals surface area contributed by atoms with Gasteiger partial charge < -0.3 is 15.7 Å². The van der Waals surface area contributed by atoms with Crippen molar-refractivity contribution in [3.05, 3.63) is 106 Å². The van der Waals surface area contributed by atoms with Crippen molar-refractivity contribution in [2.24, 2.45) is 0 Å². The molecule has 4 rings (SSSR count). The number of thiophene rings is 1. The van der Waals surface area contributed by atoms with E-state index in [9.17, 15) is 14.4 Å². The Kier molecular flexibility index (Phi) is 7.70. The summed E-state index contributed by atoms with van der Waals surface area (Å²) in [4.78, 5) is 36.5. The summed E-state index contributed by atoms with van der Waals surface area (Å²) in [6.45, 7) is 0. The first kappa shape index (κ1) is 23.9. The van der Waals surface area contributed by atoms with Crippen LogP contribution in [-0.2, 0) is 22.4 Å². The third-order valence-corrected chi connectivity index (χ3v) is 6.11. The molecule has 0 aliphatic rings. The van der Waals surface area contributed by atoms with E-state index < -0.39 is 5.97 Å². The zero-order valence-corrected chi connectivity index (χ0v) is 19.7. The van der Waals surface area contributed by atoms with Gasteiger partial charge in [0, 0.05) is 12.1 Å². The normalized spacial score (nSPS) is 10.5. The van der Waals surface area contributed by atoms with Crippen LogP contribution in [-0.4, -0.2) is 22.9 Å². The number of hydrogen-bond acceptors (Lipinski definition) is 4. The maximum Gasteiger partial charge on any atom is 0.303 e. The van der Waals surface area contributed by atoms with Crippen LogP contribution in [0.2, 0.25) is 0 Å². The molecule has 2 amide bonds. The Morgan fingerprint density at radius 1 is 0.800 bits per heavy atom. The molecule has 3 N–H and O–H groups in total. The quantitative estimate of drug-likeness (QED) is 0.277. The zero-order chi connectivity index (χ0) is 24.6. The third-order valence-electron chi connectivity index (χ3n) is 5.43. The van der Waals surface area contributed by atoms with E-state index >= 15 is 0 Å². The average Bonchev–Trinajstić information content (AvgIpc) is 3.39. The summed E-state index contributed by atoms with van der Waals surface area (Å²) < 4.78 is 0. The molecule has 0 atom stereocenters. The molecule has 4 aromatic rings. The number of carboxylic acid groups (broad SMARTS) is 1. The number of aliphatic carboxylic acids is 1. The van der Waals surface area contributed by atoms with E-state index in [4.69, 9.17) is 5.11 Å². The summed E-state index contributed by atoms with van der Waals surface area (Å²) in [5.41, 5.74) is 5.27. The number of rotatable bonds is 9. The lowest BCUT2D eigenvalue weighted by molar-refractivity contribution is -0.137. The predicted octanol–water partition coefficient (Wildman–Crippen LogP) is 5.87. The molecule has 0 bridgehead atoms. The third kappa shape index (κ3) is 6.65. The summed E-state index contributed by atoms with van der Waals surface area (Å²) >= 11 is 1.64. The molecule has 0 unspecified atom stereocenters. The number of hydrogen-bond donors (Lipinski definition) is 3. The predicted molar refractivity (Wildman–Crippen MR) is 139 cm³/mol.